The van der Waals surface area contributed by atoms with Crippen molar-refractivity contribution in [2.75, 3.05) is 20.6 Å². The van der Waals surface area contributed by atoms with Crippen LogP contribution in [0.1, 0.15) is 41.0 Å². The van der Waals surface area contributed by atoms with E-state index in [1.54, 1.807) is 6.07 Å². The van der Waals surface area contributed by atoms with E-state index in [2.05, 4.69) is 29.0 Å². The van der Waals surface area contributed by atoms with Crippen LogP contribution in [0.15, 0.2) is 71.6 Å². The monoisotopic (exact) mass is 487 g/mol. The van der Waals surface area contributed by atoms with Crippen molar-refractivity contribution in [2.45, 2.75) is 29.1 Å². The van der Waals surface area contributed by atoms with Crippen molar-refractivity contribution in [3.05, 3.63) is 99.7 Å². The van der Waals surface area contributed by atoms with E-state index in [1.165, 1.54) is 57.6 Å². The summed E-state index contributed by atoms with van der Waals surface area (Å²) in [6.45, 7) is 0.236. The van der Waals surface area contributed by atoms with Crippen molar-refractivity contribution in [1.82, 2.24) is 13.9 Å². The average Bonchev–Trinajstić information content (AvgIpc) is 2.90. The molecule has 4 aliphatic rings. The molecule has 0 radical (unpaired) electrons. The molecule has 8 heteroatoms. The first kappa shape index (κ1) is 22.0. The molecule has 3 aliphatic carbocycles. The minimum atomic E-state index is -3.89. The molecule has 7 rings (SSSR count). The molecule has 0 saturated carbocycles. The van der Waals surface area contributed by atoms with E-state index in [-0.39, 0.29) is 11.4 Å². The first-order chi connectivity index (χ1) is 16.7. The molecular formula is C27H25N3O4S+2. The molecule has 2 bridgehead atoms. The molecule has 3 aromatic rings. The van der Waals surface area contributed by atoms with E-state index in [4.69, 9.17) is 0 Å². The molecule has 1 heterocycles. The SMILES string of the molecule is C[N+]1=c2ccc(S(=O)(=O)NCC34CCC(c5ccccc53)c3ccccc34)cc2=[N+](C)C(=O)C1=O. The highest BCUT2D eigenvalue weighted by atomic mass is 32.2. The third-order valence-corrected chi connectivity index (χ3v) is 9.30. The van der Waals surface area contributed by atoms with E-state index in [9.17, 15) is 18.0 Å². The number of hydrogen-bond donors (Lipinski definition) is 1. The summed E-state index contributed by atoms with van der Waals surface area (Å²) in [4.78, 5) is 24.5. The molecule has 3 aromatic carbocycles. The second kappa shape index (κ2) is 7.50. The lowest BCUT2D eigenvalue weighted by Gasteiger charge is -2.49. The Morgan fingerprint density at radius 2 is 1.43 bits per heavy atom. The Hall–Kier alpha value is -3.49. The minimum absolute atomic E-state index is 0.0566. The van der Waals surface area contributed by atoms with Crippen LogP contribution in [0.25, 0.3) is 0 Å². The van der Waals surface area contributed by atoms with E-state index in [1.807, 2.05) is 24.3 Å². The van der Waals surface area contributed by atoms with E-state index < -0.39 is 27.3 Å². The second-order valence-electron chi connectivity index (χ2n) is 9.55. The zero-order chi connectivity index (χ0) is 24.5. The van der Waals surface area contributed by atoms with E-state index in [0.29, 0.717) is 16.6 Å². The summed E-state index contributed by atoms with van der Waals surface area (Å²) in [6.07, 6.45) is 1.84. The van der Waals surface area contributed by atoms with Crippen molar-refractivity contribution < 1.29 is 18.0 Å². The number of carbonyl (C=O) groups is 2. The molecule has 35 heavy (non-hydrogen) atoms. The number of carbonyl (C=O) groups excluding carboxylic acids is 2. The van der Waals surface area contributed by atoms with E-state index >= 15 is 0 Å². The highest BCUT2D eigenvalue weighted by molar-refractivity contribution is 7.89. The van der Waals surface area contributed by atoms with Gasteiger partial charge < -0.3 is 0 Å². The number of nitrogens with one attached hydrogen (secondary N) is 1. The lowest BCUT2D eigenvalue weighted by Crippen LogP contribution is -2.58. The van der Waals surface area contributed by atoms with Gasteiger partial charge in [0.25, 0.3) is 10.7 Å². The highest BCUT2D eigenvalue weighted by Gasteiger charge is 2.48. The smallest absolute Gasteiger partial charge is 0.210 e. The van der Waals surface area contributed by atoms with Gasteiger partial charge in [0.2, 0.25) is 10.0 Å². The summed E-state index contributed by atoms with van der Waals surface area (Å²) in [5.41, 5.74) is 4.49. The standard InChI is InChI=1S/C27H25N3O4S/c1-29-23-12-11-17(15-24(23)30(2)26(32)25(29)31)35(33,34)28-16-27-14-13-18(19-7-3-5-9-21(19)27)20-8-4-6-10-22(20)27/h3-12,15,18,28H,13-14,16H2,1-2H3/q+2. The van der Waals surface area contributed by atoms with Crippen molar-refractivity contribution in [1.29, 1.82) is 0 Å². The molecule has 2 amide bonds. The molecule has 1 N–H and O–H groups in total. The Labute approximate surface area is 203 Å². The molecule has 1 aliphatic heterocycles. The highest BCUT2D eigenvalue weighted by Crippen LogP contribution is 2.55. The Morgan fingerprint density at radius 1 is 0.857 bits per heavy atom. The number of rotatable bonds is 4. The van der Waals surface area contributed by atoms with Crippen molar-refractivity contribution in [3.63, 3.8) is 0 Å². The van der Waals surface area contributed by atoms with Gasteiger partial charge in [-0.05, 0) is 41.2 Å². The fourth-order valence-electron chi connectivity index (χ4n) is 6.07. The van der Waals surface area contributed by atoms with Gasteiger partial charge >= 0.3 is 11.8 Å². The number of sulfonamides is 1. The van der Waals surface area contributed by atoms with Gasteiger partial charge in [-0.15, -0.1) is 9.15 Å². The summed E-state index contributed by atoms with van der Waals surface area (Å²) in [5.74, 6) is -1.01. The van der Waals surface area contributed by atoms with Gasteiger partial charge in [0.05, 0.1) is 4.90 Å². The zero-order valence-corrected chi connectivity index (χ0v) is 20.3. The quantitative estimate of drug-likeness (QED) is 0.429. The van der Waals surface area contributed by atoms with Crippen LogP contribution in [0, 0.1) is 0 Å². The van der Waals surface area contributed by atoms with Gasteiger partial charge in [0.15, 0.2) is 0 Å². The van der Waals surface area contributed by atoms with E-state index in [0.717, 1.165) is 12.8 Å². The lowest BCUT2D eigenvalue weighted by molar-refractivity contribution is -0.141. The fraction of sp³-hybridized carbons (Fsp3) is 0.259. The summed E-state index contributed by atoms with van der Waals surface area (Å²) < 4.78 is 32.3. The fourth-order valence-corrected chi connectivity index (χ4v) is 7.18. The van der Waals surface area contributed by atoms with Crippen LogP contribution in [0.4, 0.5) is 0 Å². The van der Waals surface area contributed by atoms with Crippen LogP contribution in [0.5, 0.6) is 0 Å². The van der Waals surface area contributed by atoms with Crippen LogP contribution >= 0.6 is 0 Å². The lowest BCUT2D eigenvalue weighted by atomic mass is 9.55. The molecule has 0 saturated heterocycles. The number of likely N-dealkylation sites (N-methyl/N-ethyl adjacent to an activating group) is 2. The molecule has 176 valence electrons. The van der Waals surface area contributed by atoms with Crippen LogP contribution in [0.2, 0.25) is 0 Å². The predicted molar refractivity (Wildman–Crippen MR) is 130 cm³/mol. The Morgan fingerprint density at radius 3 is 2.06 bits per heavy atom. The first-order valence-corrected chi connectivity index (χ1v) is 13.1. The van der Waals surface area contributed by atoms with Crippen LogP contribution in [-0.2, 0) is 25.0 Å². The van der Waals surface area contributed by atoms with Crippen LogP contribution in [0.3, 0.4) is 0 Å². The van der Waals surface area contributed by atoms with Crippen molar-refractivity contribution in [2.24, 2.45) is 0 Å². The van der Waals surface area contributed by atoms with Gasteiger partial charge in [0, 0.05) is 30.0 Å². The summed E-state index contributed by atoms with van der Waals surface area (Å²) in [7, 11) is -0.911. The predicted octanol–water partition coefficient (Wildman–Crippen LogP) is 0.499. The number of fused-ring (bicyclic) bond motifs is 2. The van der Waals surface area contributed by atoms with Gasteiger partial charge in [-0.3, -0.25) is 0 Å². The molecule has 0 fully saturated rings. The number of hydrogen-bond acceptors (Lipinski definition) is 4. The largest absolute Gasteiger partial charge is 0.528 e. The molecule has 7 nitrogen and oxygen atoms in total. The van der Waals surface area contributed by atoms with Crippen molar-refractivity contribution >= 4 is 21.8 Å². The van der Waals surface area contributed by atoms with Crippen LogP contribution in [-0.4, -0.2) is 40.9 Å². The summed E-state index contributed by atoms with van der Waals surface area (Å²) >= 11 is 0. The summed E-state index contributed by atoms with van der Waals surface area (Å²) in [6, 6.07) is 21.2. The third kappa shape index (κ3) is 3.03. The normalized spacial score (nSPS) is 22.6. The van der Waals surface area contributed by atoms with Gasteiger partial charge in [0.1, 0.15) is 14.1 Å². The maximum Gasteiger partial charge on any atom is 0.528 e. The maximum absolute atomic E-state index is 13.5. The molecule has 0 spiro atoms. The Kier molecular flexibility index (Phi) is 4.72. The van der Waals surface area contributed by atoms with Crippen molar-refractivity contribution in [3.8, 4) is 0 Å². The minimum Gasteiger partial charge on any atom is -0.210 e. The number of nitrogens with zero attached hydrogens (tertiary/aromatic N) is 2. The topological polar surface area (TPSA) is 86.3 Å². The van der Waals surface area contributed by atoms with Gasteiger partial charge in [-0.1, -0.05) is 48.5 Å². The number of benzene rings is 3. The molecule has 0 unspecified atom stereocenters. The zero-order valence-electron chi connectivity index (χ0n) is 19.5. The Bertz CT molecular complexity index is 1640. The third-order valence-electron chi connectivity index (χ3n) is 7.90. The van der Waals surface area contributed by atoms with Crippen LogP contribution < -0.4 is 24.6 Å². The summed E-state index contributed by atoms with van der Waals surface area (Å²) in [5, 5.41) is 0.870. The van der Waals surface area contributed by atoms with Gasteiger partial charge in [-0.2, -0.15) is 0 Å². The molecule has 0 aromatic heterocycles. The maximum atomic E-state index is 13.5. The number of amides is 2. The second-order valence-corrected chi connectivity index (χ2v) is 11.3. The molecule has 0 atom stereocenters. The average molecular weight is 488 g/mol. The molecular weight excluding hydrogens is 462 g/mol. The first-order valence-electron chi connectivity index (χ1n) is 11.6. The Balaban J connectivity index is 1.43. The van der Waals surface area contributed by atoms with Gasteiger partial charge in [-0.25, -0.2) is 22.7 Å².